The number of ketones is 1. The molecule has 152 valence electrons. The smallest absolute Gasteiger partial charge is 0.414 e. The third-order valence-corrected chi connectivity index (χ3v) is 4.12. The molecule has 0 fully saturated rings. The van der Waals surface area contributed by atoms with Crippen molar-refractivity contribution in [2.75, 3.05) is 31.8 Å². The van der Waals surface area contributed by atoms with E-state index < -0.39 is 17.8 Å². The predicted molar refractivity (Wildman–Crippen MR) is 102 cm³/mol. The average Bonchev–Trinajstić information content (AvgIpc) is 3.11. The first-order valence-electron chi connectivity index (χ1n) is 9.03. The number of nitrogens with zero attached hydrogens (tertiary/aromatic N) is 3. The van der Waals surface area contributed by atoms with Gasteiger partial charge in [0, 0.05) is 38.2 Å². The molecule has 0 spiro atoms. The van der Waals surface area contributed by atoms with E-state index in [1.807, 2.05) is 0 Å². The molecule has 0 saturated carbocycles. The molecule has 0 N–H and O–H groups in total. The molecule has 0 aliphatic rings. The molecule has 0 aliphatic heterocycles. The number of carbonyl (C=O) groups excluding carboxylic acids is 2. The molecule has 1 amide bonds. The van der Waals surface area contributed by atoms with Crippen molar-refractivity contribution in [2.24, 2.45) is 0 Å². The molecule has 0 aliphatic carbocycles. The molecular weight excluding hydrogens is 381 g/mol. The number of methoxy groups -OCH3 is 1. The number of hydrogen-bond acceptors (Lipinski definition) is 7. The fourth-order valence-corrected chi connectivity index (χ4v) is 2.85. The molecule has 3 rings (SSSR count). The highest BCUT2D eigenvalue weighted by Gasteiger charge is 2.30. The summed E-state index contributed by atoms with van der Waals surface area (Å²) >= 11 is 0. The summed E-state index contributed by atoms with van der Waals surface area (Å²) in [6.45, 7) is 2.50. The van der Waals surface area contributed by atoms with Gasteiger partial charge in [0.1, 0.15) is 5.69 Å². The lowest BCUT2D eigenvalue weighted by Gasteiger charge is -2.21. The first-order chi connectivity index (χ1) is 14.1. The van der Waals surface area contributed by atoms with Gasteiger partial charge < -0.3 is 13.9 Å². The van der Waals surface area contributed by atoms with Crippen LogP contribution in [0.2, 0.25) is 0 Å². The maximum Gasteiger partial charge on any atom is 0.414 e. The minimum absolute atomic E-state index is 0.0995. The van der Waals surface area contributed by atoms with E-state index in [0.717, 1.165) is 12.3 Å². The molecule has 3 heterocycles. The lowest BCUT2D eigenvalue weighted by Crippen LogP contribution is -2.34. The lowest BCUT2D eigenvalue weighted by atomic mass is 10.1. The summed E-state index contributed by atoms with van der Waals surface area (Å²) in [5.41, 5.74) is 0.561. The van der Waals surface area contributed by atoms with E-state index in [2.05, 4.69) is 9.97 Å². The topological polar surface area (TPSA) is 94.8 Å². The second-order valence-corrected chi connectivity index (χ2v) is 6.03. The number of furan rings is 1. The highest BCUT2D eigenvalue weighted by Crippen LogP contribution is 2.35. The van der Waals surface area contributed by atoms with Gasteiger partial charge in [-0.1, -0.05) is 0 Å². The van der Waals surface area contributed by atoms with Crippen LogP contribution in [-0.4, -0.2) is 48.7 Å². The van der Waals surface area contributed by atoms with Gasteiger partial charge in [-0.2, -0.15) is 4.39 Å². The van der Waals surface area contributed by atoms with E-state index in [1.54, 1.807) is 26.2 Å². The fraction of sp³-hybridized carbons (Fsp3) is 0.300. The Balaban J connectivity index is 2.12. The van der Waals surface area contributed by atoms with Crippen LogP contribution in [0.1, 0.15) is 29.5 Å². The molecule has 0 atom stereocenters. The van der Waals surface area contributed by atoms with Crippen LogP contribution < -0.4 is 4.90 Å². The quantitative estimate of drug-likeness (QED) is 0.323. The van der Waals surface area contributed by atoms with Crippen LogP contribution in [0.3, 0.4) is 0 Å². The van der Waals surface area contributed by atoms with E-state index in [1.165, 1.54) is 17.2 Å². The summed E-state index contributed by atoms with van der Waals surface area (Å²) in [4.78, 5) is 34.7. The molecule has 0 radical (unpaired) electrons. The highest BCUT2D eigenvalue weighted by atomic mass is 19.1. The van der Waals surface area contributed by atoms with E-state index in [4.69, 9.17) is 13.9 Å². The number of halogens is 1. The number of anilines is 1. The van der Waals surface area contributed by atoms with E-state index in [9.17, 15) is 14.0 Å². The second kappa shape index (κ2) is 9.24. The summed E-state index contributed by atoms with van der Waals surface area (Å²) in [5, 5.41) is 0.483. The van der Waals surface area contributed by atoms with Crippen LogP contribution >= 0.6 is 0 Å². The van der Waals surface area contributed by atoms with Gasteiger partial charge in [0.2, 0.25) is 23.2 Å². The predicted octanol–water partition coefficient (Wildman–Crippen LogP) is 3.59. The van der Waals surface area contributed by atoms with Gasteiger partial charge in [-0.3, -0.25) is 9.69 Å². The molecule has 0 bridgehead atoms. The molecule has 29 heavy (non-hydrogen) atoms. The fourth-order valence-electron chi connectivity index (χ4n) is 2.85. The largest absolute Gasteiger partial charge is 0.449 e. The van der Waals surface area contributed by atoms with Gasteiger partial charge in [0.15, 0.2) is 0 Å². The van der Waals surface area contributed by atoms with Crippen molar-refractivity contribution < 1.29 is 27.9 Å². The van der Waals surface area contributed by atoms with Crippen LogP contribution in [0, 0.1) is 5.95 Å². The number of aromatic nitrogens is 2. The molecule has 8 nitrogen and oxygen atoms in total. The first-order valence-corrected chi connectivity index (χ1v) is 9.03. The maximum atomic E-state index is 13.2. The summed E-state index contributed by atoms with van der Waals surface area (Å²) < 4.78 is 29.1. The third kappa shape index (κ3) is 4.40. The Kier molecular flexibility index (Phi) is 6.50. The zero-order valence-electron chi connectivity index (χ0n) is 16.1. The van der Waals surface area contributed by atoms with Crippen molar-refractivity contribution in [1.82, 2.24) is 9.97 Å². The van der Waals surface area contributed by atoms with Crippen molar-refractivity contribution in [1.29, 1.82) is 0 Å². The number of rotatable bonds is 8. The lowest BCUT2D eigenvalue weighted by molar-refractivity contribution is 0.101. The van der Waals surface area contributed by atoms with Gasteiger partial charge in [-0.15, -0.1) is 0 Å². The number of hydrogen-bond donors (Lipinski definition) is 0. The molecule has 3 aromatic rings. The normalized spacial score (nSPS) is 10.9. The molecule has 0 unspecified atom stereocenters. The number of ether oxygens (including phenoxy) is 2. The third-order valence-electron chi connectivity index (χ3n) is 4.12. The summed E-state index contributed by atoms with van der Waals surface area (Å²) in [7, 11) is 1.56. The van der Waals surface area contributed by atoms with E-state index in [0.29, 0.717) is 18.4 Å². The highest BCUT2D eigenvalue weighted by molar-refractivity contribution is 6.16. The average molecular weight is 401 g/mol. The Morgan fingerprint density at radius 3 is 2.76 bits per heavy atom. The van der Waals surface area contributed by atoms with Crippen molar-refractivity contribution in [2.45, 2.75) is 13.3 Å². The Morgan fingerprint density at radius 2 is 2.07 bits per heavy atom. The molecule has 3 aromatic heterocycles. The van der Waals surface area contributed by atoms with Crippen LogP contribution in [0.15, 0.2) is 41.1 Å². The van der Waals surface area contributed by atoms with Gasteiger partial charge in [-0.05, 0) is 37.6 Å². The second-order valence-electron chi connectivity index (χ2n) is 6.03. The standard InChI is InChI=1S/C20H20FN3O5/c1-3-28-20(26)24(10-5-11-27-2)16-14-6-4-9-22-19(14)29-18(16)17(25)13-7-8-15(21)23-12-13/h4,6-9,12H,3,5,10-11H2,1-2H3. The maximum absolute atomic E-state index is 13.2. The first kappa shape index (κ1) is 20.4. The zero-order chi connectivity index (χ0) is 20.8. The van der Waals surface area contributed by atoms with Crippen LogP contribution in [0.25, 0.3) is 11.1 Å². The van der Waals surface area contributed by atoms with E-state index in [-0.39, 0.29) is 35.9 Å². The summed E-state index contributed by atoms with van der Waals surface area (Å²) in [6, 6.07) is 5.75. The van der Waals surface area contributed by atoms with Crippen LogP contribution in [0.4, 0.5) is 14.9 Å². The zero-order valence-corrected chi connectivity index (χ0v) is 16.1. The van der Waals surface area contributed by atoms with Crippen molar-refractivity contribution >= 4 is 28.7 Å². The van der Waals surface area contributed by atoms with Crippen LogP contribution in [0.5, 0.6) is 0 Å². The van der Waals surface area contributed by atoms with Gasteiger partial charge in [0.05, 0.1) is 12.0 Å². The Hall–Kier alpha value is -3.33. The number of carbonyl (C=O) groups is 2. The Labute approximate surface area is 166 Å². The van der Waals surface area contributed by atoms with Gasteiger partial charge in [-0.25, -0.2) is 14.8 Å². The summed E-state index contributed by atoms with van der Waals surface area (Å²) in [5.74, 6) is -1.36. The molecule has 9 heteroatoms. The van der Waals surface area contributed by atoms with Crippen molar-refractivity contribution in [3.63, 3.8) is 0 Å². The van der Waals surface area contributed by atoms with Gasteiger partial charge in [0.25, 0.3) is 0 Å². The number of fused-ring (bicyclic) bond motifs is 1. The summed E-state index contributed by atoms with van der Waals surface area (Å²) in [6.07, 6.45) is 2.51. The van der Waals surface area contributed by atoms with Crippen molar-refractivity contribution in [3.05, 3.63) is 53.9 Å². The monoisotopic (exact) mass is 401 g/mol. The number of pyridine rings is 2. The number of amides is 1. The molecule has 0 saturated heterocycles. The Bertz CT molecular complexity index is 1000. The van der Waals surface area contributed by atoms with E-state index >= 15 is 0 Å². The Morgan fingerprint density at radius 1 is 1.24 bits per heavy atom. The van der Waals surface area contributed by atoms with Crippen molar-refractivity contribution in [3.8, 4) is 0 Å². The minimum Gasteiger partial charge on any atom is -0.449 e. The molecular formula is C20H20FN3O5. The van der Waals surface area contributed by atoms with Gasteiger partial charge >= 0.3 is 6.09 Å². The molecule has 0 aromatic carbocycles. The minimum atomic E-state index is -0.708. The van der Waals surface area contributed by atoms with Crippen LogP contribution in [-0.2, 0) is 9.47 Å². The SMILES string of the molecule is CCOC(=O)N(CCCOC)c1c(C(=O)c2ccc(F)nc2)oc2ncccc12.